The highest BCUT2D eigenvalue weighted by Crippen LogP contribution is 2.22. The van der Waals surface area contributed by atoms with Crippen LogP contribution in [0.4, 0.5) is 11.4 Å². The van der Waals surface area contributed by atoms with Gasteiger partial charge in [0.25, 0.3) is 5.69 Å². The molecule has 0 aliphatic rings. The molecule has 0 bridgehead atoms. The van der Waals surface area contributed by atoms with Crippen LogP contribution in [0.1, 0.15) is 6.92 Å². The quantitative estimate of drug-likeness (QED) is 0.455. The number of amides is 1. The second kappa shape index (κ2) is 5.78. The second-order valence-electron chi connectivity index (χ2n) is 3.74. The number of nitrogens with zero attached hydrogens (tertiary/aromatic N) is 2. The Bertz CT molecular complexity index is 553. The molecule has 0 aromatic heterocycles. The minimum atomic E-state index is -2.10. The first-order chi connectivity index (χ1) is 9.25. The van der Waals surface area contributed by atoms with Gasteiger partial charge in [0.15, 0.2) is 0 Å². The first-order valence-corrected chi connectivity index (χ1v) is 5.25. The van der Waals surface area contributed by atoms with Crippen molar-refractivity contribution in [3.63, 3.8) is 0 Å². The standard InChI is InChI=1S/C11H10N2O7/c1-6(14)12(9(10(15)16)11(17)18)7-2-4-8(5-3-7)13(19)20/h2-5,9H,1H3,(H,15,16)(H,17,18). The number of nitro groups is 1. The maximum Gasteiger partial charge on any atom is 0.338 e. The van der Waals surface area contributed by atoms with E-state index in [9.17, 15) is 24.5 Å². The van der Waals surface area contributed by atoms with Crippen LogP contribution < -0.4 is 4.90 Å². The molecular weight excluding hydrogens is 272 g/mol. The predicted octanol–water partition coefficient (Wildman–Crippen LogP) is 0.485. The number of carboxylic acid groups (broad SMARTS) is 2. The lowest BCUT2D eigenvalue weighted by Crippen LogP contribution is -2.49. The van der Waals surface area contributed by atoms with Gasteiger partial charge in [-0.05, 0) is 12.1 Å². The van der Waals surface area contributed by atoms with Crippen LogP contribution in [0.25, 0.3) is 0 Å². The average molecular weight is 282 g/mol. The molecule has 1 rings (SSSR count). The first-order valence-electron chi connectivity index (χ1n) is 5.25. The molecular formula is C11H10N2O7. The zero-order valence-corrected chi connectivity index (χ0v) is 10.2. The molecule has 0 aliphatic carbocycles. The molecule has 1 aromatic carbocycles. The average Bonchev–Trinajstić information content (AvgIpc) is 2.34. The number of hydrogen-bond donors (Lipinski definition) is 2. The van der Waals surface area contributed by atoms with Gasteiger partial charge in [-0.2, -0.15) is 0 Å². The van der Waals surface area contributed by atoms with Crippen molar-refractivity contribution in [2.45, 2.75) is 13.0 Å². The topological polar surface area (TPSA) is 138 Å². The van der Waals surface area contributed by atoms with Gasteiger partial charge in [0.2, 0.25) is 11.9 Å². The van der Waals surface area contributed by atoms with Crippen molar-refractivity contribution in [2.75, 3.05) is 4.90 Å². The number of hydrogen-bond acceptors (Lipinski definition) is 5. The van der Waals surface area contributed by atoms with E-state index in [1.807, 2.05) is 0 Å². The Morgan fingerprint density at radius 2 is 1.60 bits per heavy atom. The summed E-state index contributed by atoms with van der Waals surface area (Å²) in [4.78, 5) is 43.8. The molecule has 9 heteroatoms. The van der Waals surface area contributed by atoms with Crippen molar-refractivity contribution in [3.8, 4) is 0 Å². The molecule has 20 heavy (non-hydrogen) atoms. The van der Waals surface area contributed by atoms with E-state index in [1.165, 1.54) is 0 Å². The van der Waals surface area contributed by atoms with Crippen molar-refractivity contribution in [1.29, 1.82) is 0 Å². The van der Waals surface area contributed by atoms with Crippen LogP contribution in [-0.4, -0.2) is 39.0 Å². The fourth-order valence-corrected chi connectivity index (χ4v) is 1.57. The Kier molecular flexibility index (Phi) is 4.36. The summed E-state index contributed by atoms with van der Waals surface area (Å²) in [6.07, 6.45) is 0. The van der Waals surface area contributed by atoms with Crippen LogP contribution in [0.15, 0.2) is 24.3 Å². The summed E-state index contributed by atoms with van der Waals surface area (Å²) in [5.41, 5.74) is -0.322. The molecule has 1 aromatic rings. The second-order valence-corrected chi connectivity index (χ2v) is 3.74. The van der Waals surface area contributed by atoms with E-state index < -0.39 is 28.8 Å². The van der Waals surface area contributed by atoms with Crippen molar-refractivity contribution in [3.05, 3.63) is 34.4 Å². The highest BCUT2D eigenvalue weighted by atomic mass is 16.6. The maximum atomic E-state index is 11.5. The number of non-ortho nitro benzene ring substituents is 1. The van der Waals surface area contributed by atoms with Gasteiger partial charge >= 0.3 is 11.9 Å². The minimum absolute atomic E-state index is 0.0575. The predicted molar refractivity (Wildman–Crippen MR) is 65.3 cm³/mol. The zero-order chi connectivity index (χ0) is 15.4. The number of benzene rings is 1. The largest absolute Gasteiger partial charge is 0.479 e. The zero-order valence-electron chi connectivity index (χ0n) is 10.2. The Hall–Kier alpha value is -2.97. The van der Waals surface area contributed by atoms with Crippen LogP contribution in [0, 0.1) is 10.1 Å². The highest BCUT2D eigenvalue weighted by molar-refractivity contribution is 6.09. The molecule has 1 amide bonds. The monoisotopic (exact) mass is 282 g/mol. The summed E-state index contributed by atoms with van der Waals surface area (Å²) in [5.74, 6) is -4.24. The number of anilines is 1. The van der Waals surface area contributed by atoms with Crippen LogP contribution in [-0.2, 0) is 14.4 Å². The van der Waals surface area contributed by atoms with E-state index in [1.54, 1.807) is 0 Å². The molecule has 0 spiro atoms. The van der Waals surface area contributed by atoms with Crippen LogP contribution in [0.5, 0.6) is 0 Å². The molecule has 0 heterocycles. The normalized spacial score (nSPS) is 10.1. The van der Waals surface area contributed by atoms with Gasteiger partial charge in [0, 0.05) is 24.7 Å². The minimum Gasteiger partial charge on any atom is -0.479 e. The molecule has 2 N–H and O–H groups in total. The van der Waals surface area contributed by atoms with Gasteiger partial charge in [-0.3, -0.25) is 19.8 Å². The van der Waals surface area contributed by atoms with E-state index in [0.717, 1.165) is 31.2 Å². The number of carboxylic acids is 2. The molecule has 9 nitrogen and oxygen atoms in total. The number of aliphatic carboxylic acids is 2. The molecule has 0 fully saturated rings. The summed E-state index contributed by atoms with van der Waals surface area (Å²) in [6, 6.07) is 2.21. The van der Waals surface area contributed by atoms with Crippen molar-refractivity contribution in [1.82, 2.24) is 0 Å². The van der Waals surface area contributed by atoms with Gasteiger partial charge in [0.1, 0.15) is 0 Å². The lowest BCUT2D eigenvalue weighted by molar-refractivity contribution is -0.384. The van der Waals surface area contributed by atoms with Crippen LogP contribution in [0.2, 0.25) is 0 Å². The van der Waals surface area contributed by atoms with Crippen molar-refractivity contribution < 1.29 is 29.5 Å². The van der Waals surface area contributed by atoms with Gasteiger partial charge < -0.3 is 10.2 Å². The molecule has 0 saturated heterocycles. The van der Waals surface area contributed by atoms with E-state index in [4.69, 9.17) is 10.2 Å². The van der Waals surface area contributed by atoms with E-state index in [0.29, 0.717) is 4.90 Å². The number of carbonyl (C=O) groups is 3. The number of nitro benzene ring substituents is 1. The third-order valence-electron chi connectivity index (χ3n) is 2.40. The SMILES string of the molecule is CC(=O)N(c1ccc([N+](=O)[O-])cc1)C(C(=O)O)C(=O)O. The van der Waals surface area contributed by atoms with Gasteiger partial charge in [-0.15, -0.1) is 0 Å². The Morgan fingerprint density at radius 3 is 1.90 bits per heavy atom. The Morgan fingerprint density at radius 1 is 1.15 bits per heavy atom. The Labute approximate surface area is 112 Å². The van der Waals surface area contributed by atoms with E-state index in [-0.39, 0.29) is 11.4 Å². The number of carbonyl (C=O) groups excluding carboxylic acids is 1. The molecule has 106 valence electrons. The molecule has 0 saturated carbocycles. The summed E-state index contributed by atoms with van der Waals surface area (Å²) in [5, 5.41) is 28.3. The fourth-order valence-electron chi connectivity index (χ4n) is 1.57. The third kappa shape index (κ3) is 3.07. The molecule has 0 atom stereocenters. The smallest absolute Gasteiger partial charge is 0.338 e. The summed E-state index contributed by atoms with van der Waals surface area (Å²) in [6.45, 7) is 1.00. The molecule has 0 unspecified atom stereocenters. The third-order valence-corrected chi connectivity index (χ3v) is 2.40. The van der Waals surface area contributed by atoms with E-state index in [2.05, 4.69) is 0 Å². The maximum absolute atomic E-state index is 11.5. The lowest BCUT2D eigenvalue weighted by Gasteiger charge is -2.24. The highest BCUT2D eigenvalue weighted by Gasteiger charge is 2.35. The van der Waals surface area contributed by atoms with Crippen molar-refractivity contribution >= 4 is 29.2 Å². The number of rotatable bonds is 5. The molecule has 0 aliphatic heterocycles. The summed E-state index contributed by atoms with van der Waals surface area (Å²) < 4.78 is 0. The van der Waals surface area contributed by atoms with Gasteiger partial charge in [-0.25, -0.2) is 9.59 Å². The first kappa shape index (κ1) is 15.1. The van der Waals surface area contributed by atoms with Crippen LogP contribution in [0.3, 0.4) is 0 Å². The van der Waals surface area contributed by atoms with E-state index >= 15 is 0 Å². The Balaban J connectivity index is 3.26. The molecule has 0 radical (unpaired) electrons. The summed E-state index contributed by atoms with van der Waals surface area (Å²) >= 11 is 0. The fraction of sp³-hybridized carbons (Fsp3) is 0.182. The van der Waals surface area contributed by atoms with Gasteiger partial charge in [-0.1, -0.05) is 0 Å². The summed E-state index contributed by atoms with van der Waals surface area (Å²) in [7, 11) is 0. The van der Waals surface area contributed by atoms with Crippen LogP contribution >= 0.6 is 0 Å². The lowest BCUT2D eigenvalue weighted by atomic mass is 10.2. The van der Waals surface area contributed by atoms with Crippen molar-refractivity contribution in [2.24, 2.45) is 0 Å². The van der Waals surface area contributed by atoms with Gasteiger partial charge in [0.05, 0.1) is 4.92 Å².